The monoisotopic (exact) mass is 404 g/mol. The van der Waals surface area contributed by atoms with Crippen LogP contribution in [-0.4, -0.2) is 21.0 Å². The molecule has 3 aromatic rings. The van der Waals surface area contributed by atoms with Gasteiger partial charge in [-0.05, 0) is 49.9 Å². The molecule has 1 saturated carbocycles. The van der Waals surface area contributed by atoms with Crippen LogP contribution in [0.4, 0.5) is 0 Å². The summed E-state index contributed by atoms with van der Waals surface area (Å²) in [6, 6.07) is 16.3. The Hall–Kier alpha value is -2.20. The van der Waals surface area contributed by atoms with Crippen molar-refractivity contribution in [2.45, 2.75) is 68.6 Å². The second-order valence-corrected chi connectivity index (χ2v) is 9.29. The van der Waals surface area contributed by atoms with Crippen molar-refractivity contribution in [3.63, 3.8) is 0 Å². The Morgan fingerprint density at radius 2 is 1.83 bits per heavy atom. The van der Waals surface area contributed by atoms with E-state index >= 15 is 0 Å². The molecule has 29 heavy (non-hydrogen) atoms. The zero-order valence-corrected chi connectivity index (χ0v) is 17.9. The Morgan fingerprint density at radius 1 is 1.00 bits per heavy atom. The van der Waals surface area contributed by atoms with Gasteiger partial charge < -0.3 is 0 Å². The number of aromatic nitrogens is 2. The normalized spacial score (nSPS) is 14.9. The van der Waals surface area contributed by atoms with Crippen molar-refractivity contribution < 1.29 is 4.79 Å². The molecular formula is C25H28N2OS. The van der Waals surface area contributed by atoms with Crippen molar-refractivity contribution in [1.29, 1.82) is 0 Å². The van der Waals surface area contributed by atoms with Crippen LogP contribution in [0.15, 0.2) is 53.6 Å². The SMILES string of the molecule is Cc1ccc(CCC(=O)Cc2ccc3ccccc3n2)c(SC2CCCCC2)n1. The highest BCUT2D eigenvalue weighted by molar-refractivity contribution is 7.99. The topological polar surface area (TPSA) is 42.9 Å². The van der Waals surface area contributed by atoms with Gasteiger partial charge in [-0.2, -0.15) is 0 Å². The molecule has 0 radical (unpaired) electrons. The second-order valence-electron chi connectivity index (χ2n) is 8.01. The first-order chi connectivity index (χ1) is 14.2. The Kier molecular flexibility index (Phi) is 6.60. The van der Waals surface area contributed by atoms with Gasteiger partial charge in [0.15, 0.2) is 0 Å². The summed E-state index contributed by atoms with van der Waals surface area (Å²) in [5.74, 6) is 0.238. The quantitative estimate of drug-likeness (QED) is 0.477. The van der Waals surface area contributed by atoms with E-state index in [1.165, 1.54) is 37.7 Å². The van der Waals surface area contributed by atoms with Gasteiger partial charge in [-0.1, -0.05) is 49.6 Å². The highest BCUT2D eigenvalue weighted by Gasteiger charge is 2.18. The number of fused-ring (bicyclic) bond motifs is 1. The number of rotatable bonds is 7. The van der Waals surface area contributed by atoms with Crippen LogP contribution in [-0.2, 0) is 17.6 Å². The number of benzene rings is 1. The summed E-state index contributed by atoms with van der Waals surface area (Å²) in [6.07, 6.45) is 8.29. The maximum atomic E-state index is 12.6. The standard InChI is InChI=1S/C25H28N2OS/c1-18-11-12-20(25(26-18)29-23-8-3-2-4-9-23)14-16-22(28)17-21-15-13-19-7-5-6-10-24(19)27-21/h5-7,10-13,15,23H,2-4,8-9,14,16-17H2,1H3. The molecule has 0 spiro atoms. The van der Waals surface area contributed by atoms with Crippen LogP contribution in [0.5, 0.6) is 0 Å². The van der Waals surface area contributed by atoms with Crippen LogP contribution in [0.3, 0.4) is 0 Å². The first-order valence-electron chi connectivity index (χ1n) is 10.7. The highest BCUT2D eigenvalue weighted by atomic mass is 32.2. The summed E-state index contributed by atoms with van der Waals surface area (Å²) in [4.78, 5) is 22.1. The predicted molar refractivity (Wildman–Crippen MR) is 120 cm³/mol. The minimum atomic E-state index is 0.238. The van der Waals surface area contributed by atoms with E-state index in [9.17, 15) is 4.79 Å². The highest BCUT2D eigenvalue weighted by Crippen LogP contribution is 2.34. The lowest BCUT2D eigenvalue weighted by Crippen LogP contribution is -2.10. The van der Waals surface area contributed by atoms with Gasteiger partial charge in [0.25, 0.3) is 0 Å². The molecule has 0 saturated heterocycles. The van der Waals surface area contributed by atoms with Crippen molar-refractivity contribution in [3.8, 4) is 0 Å². The van der Waals surface area contributed by atoms with Gasteiger partial charge in [-0.3, -0.25) is 9.78 Å². The second kappa shape index (κ2) is 9.53. The lowest BCUT2D eigenvalue weighted by atomic mass is 10.0. The van der Waals surface area contributed by atoms with Crippen LogP contribution >= 0.6 is 11.8 Å². The van der Waals surface area contributed by atoms with Gasteiger partial charge in [0.2, 0.25) is 0 Å². The van der Waals surface area contributed by atoms with E-state index in [2.05, 4.69) is 17.1 Å². The fourth-order valence-electron chi connectivity index (χ4n) is 3.97. The van der Waals surface area contributed by atoms with Crippen LogP contribution in [0.2, 0.25) is 0 Å². The Bertz CT molecular complexity index is 995. The molecule has 1 aromatic carbocycles. The number of Topliss-reactive ketones (excluding diaryl/α,β-unsaturated/α-hetero) is 1. The lowest BCUT2D eigenvalue weighted by Gasteiger charge is -2.21. The number of thioether (sulfide) groups is 1. The zero-order chi connectivity index (χ0) is 20.1. The van der Waals surface area contributed by atoms with Crippen LogP contribution < -0.4 is 0 Å². The molecule has 4 heteroatoms. The average molecular weight is 405 g/mol. The first-order valence-corrected chi connectivity index (χ1v) is 11.5. The van der Waals surface area contributed by atoms with Gasteiger partial charge >= 0.3 is 0 Å². The molecule has 1 aliphatic carbocycles. The molecule has 0 aliphatic heterocycles. The van der Waals surface area contributed by atoms with Gasteiger partial charge in [-0.25, -0.2) is 4.98 Å². The molecule has 0 unspecified atom stereocenters. The molecule has 2 aromatic heterocycles. The fraction of sp³-hybridized carbons (Fsp3) is 0.400. The van der Waals surface area contributed by atoms with Crippen molar-refractivity contribution in [1.82, 2.24) is 9.97 Å². The summed E-state index contributed by atoms with van der Waals surface area (Å²) in [5, 5.41) is 2.92. The van der Waals surface area contributed by atoms with Crippen molar-refractivity contribution >= 4 is 28.4 Å². The third-order valence-corrected chi connectivity index (χ3v) is 7.00. The number of hydrogen-bond donors (Lipinski definition) is 0. The third kappa shape index (κ3) is 5.45. The van der Waals surface area contributed by atoms with Crippen molar-refractivity contribution in [3.05, 3.63) is 65.5 Å². The maximum absolute atomic E-state index is 12.6. The molecule has 1 aliphatic rings. The summed E-state index contributed by atoms with van der Waals surface area (Å²) < 4.78 is 0. The first kappa shape index (κ1) is 20.1. The number of carbonyl (C=O) groups excluding carboxylic acids is 1. The third-order valence-electron chi connectivity index (χ3n) is 5.62. The van der Waals surface area contributed by atoms with E-state index in [1.807, 2.05) is 55.1 Å². The number of ketones is 1. The van der Waals surface area contributed by atoms with Gasteiger partial charge in [0, 0.05) is 34.9 Å². The van der Waals surface area contributed by atoms with Crippen molar-refractivity contribution in [2.75, 3.05) is 0 Å². The zero-order valence-electron chi connectivity index (χ0n) is 17.1. The number of para-hydroxylation sites is 1. The van der Waals surface area contributed by atoms with E-state index in [1.54, 1.807) is 0 Å². The molecule has 150 valence electrons. The van der Waals surface area contributed by atoms with Gasteiger partial charge in [-0.15, -0.1) is 11.8 Å². The number of carbonyl (C=O) groups is 1. The molecule has 0 atom stereocenters. The van der Waals surface area contributed by atoms with Gasteiger partial charge in [0.05, 0.1) is 10.5 Å². The molecule has 4 rings (SSSR count). The van der Waals surface area contributed by atoms with E-state index in [0.29, 0.717) is 18.1 Å². The minimum absolute atomic E-state index is 0.238. The largest absolute Gasteiger partial charge is 0.299 e. The number of nitrogens with zero attached hydrogens (tertiary/aromatic N) is 2. The molecule has 2 heterocycles. The smallest absolute Gasteiger partial charge is 0.139 e. The molecule has 1 fully saturated rings. The van der Waals surface area contributed by atoms with E-state index in [0.717, 1.165) is 33.7 Å². The molecule has 0 N–H and O–H groups in total. The number of hydrogen-bond acceptors (Lipinski definition) is 4. The van der Waals surface area contributed by atoms with E-state index in [4.69, 9.17) is 4.98 Å². The molecule has 0 bridgehead atoms. The Balaban J connectivity index is 1.39. The van der Waals surface area contributed by atoms with E-state index < -0.39 is 0 Å². The Morgan fingerprint density at radius 3 is 2.69 bits per heavy atom. The van der Waals surface area contributed by atoms with E-state index in [-0.39, 0.29) is 5.78 Å². The van der Waals surface area contributed by atoms with Crippen molar-refractivity contribution in [2.24, 2.45) is 0 Å². The van der Waals surface area contributed by atoms with Crippen LogP contribution in [0.1, 0.15) is 55.5 Å². The summed E-state index contributed by atoms with van der Waals surface area (Å²) in [5.41, 5.74) is 4.07. The molecule has 3 nitrogen and oxygen atoms in total. The average Bonchev–Trinajstić information content (AvgIpc) is 2.74. The minimum Gasteiger partial charge on any atom is -0.299 e. The van der Waals surface area contributed by atoms with Gasteiger partial charge in [0.1, 0.15) is 5.78 Å². The summed E-state index contributed by atoms with van der Waals surface area (Å²) >= 11 is 1.93. The predicted octanol–water partition coefficient (Wildman–Crippen LogP) is 6.11. The number of pyridine rings is 2. The van der Waals surface area contributed by atoms with Crippen LogP contribution in [0, 0.1) is 6.92 Å². The number of aryl methyl sites for hydroxylation is 2. The van der Waals surface area contributed by atoms with Crippen LogP contribution in [0.25, 0.3) is 10.9 Å². The molecule has 0 amide bonds. The molecular weight excluding hydrogens is 376 g/mol. The lowest BCUT2D eigenvalue weighted by molar-refractivity contribution is -0.118. The summed E-state index contributed by atoms with van der Waals surface area (Å²) in [7, 11) is 0. The Labute approximate surface area is 177 Å². The maximum Gasteiger partial charge on any atom is 0.139 e. The summed E-state index contributed by atoms with van der Waals surface area (Å²) in [6.45, 7) is 2.05. The fourth-order valence-corrected chi connectivity index (χ4v) is 5.37.